The number of sulfone groups is 1. The summed E-state index contributed by atoms with van der Waals surface area (Å²) >= 11 is 0. The van der Waals surface area contributed by atoms with E-state index in [0.29, 0.717) is 16.6 Å². The molecule has 0 bridgehead atoms. The lowest BCUT2D eigenvalue weighted by Crippen LogP contribution is -2.04. The van der Waals surface area contributed by atoms with E-state index in [1.807, 2.05) is 0 Å². The topological polar surface area (TPSA) is 72.0 Å². The lowest BCUT2D eigenvalue weighted by atomic mass is 10.2. The van der Waals surface area contributed by atoms with Gasteiger partial charge < -0.3 is 5.32 Å². The van der Waals surface area contributed by atoms with Crippen molar-refractivity contribution >= 4 is 32.4 Å². The molecule has 2 aromatic carbocycles. The van der Waals surface area contributed by atoms with E-state index in [-0.39, 0.29) is 10.8 Å². The highest BCUT2D eigenvalue weighted by Crippen LogP contribution is 2.30. The van der Waals surface area contributed by atoms with E-state index in [0.717, 1.165) is 18.4 Å². The van der Waals surface area contributed by atoms with E-state index in [4.69, 9.17) is 0 Å². The van der Waals surface area contributed by atoms with Crippen LogP contribution in [0.3, 0.4) is 0 Å². The molecule has 5 nitrogen and oxygen atoms in total. The van der Waals surface area contributed by atoms with Gasteiger partial charge in [0, 0.05) is 23.5 Å². The van der Waals surface area contributed by atoms with Gasteiger partial charge >= 0.3 is 6.18 Å². The molecule has 0 aliphatic carbocycles. The molecular formula is C16H12F3N3O2S. The van der Waals surface area contributed by atoms with E-state index in [1.54, 1.807) is 6.07 Å². The van der Waals surface area contributed by atoms with Gasteiger partial charge in [0.25, 0.3) is 0 Å². The summed E-state index contributed by atoms with van der Waals surface area (Å²) < 4.78 is 60.7. The molecule has 0 atom stereocenters. The third-order valence-electron chi connectivity index (χ3n) is 3.45. The van der Waals surface area contributed by atoms with Crippen LogP contribution in [0.1, 0.15) is 5.56 Å². The van der Waals surface area contributed by atoms with Crippen LogP contribution in [0.2, 0.25) is 0 Å². The summed E-state index contributed by atoms with van der Waals surface area (Å²) in [6, 6.07) is 8.93. The third kappa shape index (κ3) is 3.87. The maximum atomic E-state index is 12.5. The monoisotopic (exact) mass is 367 g/mol. The predicted octanol–water partition coefficient (Wildman–Crippen LogP) is 3.80. The Bertz CT molecular complexity index is 1030. The molecule has 0 unspecified atom stereocenters. The Balaban J connectivity index is 1.87. The zero-order chi connectivity index (χ0) is 18.2. The summed E-state index contributed by atoms with van der Waals surface area (Å²) in [6.45, 7) is 0. The van der Waals surface area contributed by atoms with Gasteiger partial charge in [-0.05, 0) is 42.5 Å². The van der Waals surface area contributed by atoms with Gasteiger partial charge in [-0.3, -0.25) is 0 Å². The van der Waals surface area contributed by atoms with Crippen LogP contribution in [0, 0.1) is 0 Å². The minimum Gasteiger partial charge on any atom is -0.324 e. The summed E-state index contributed by atoms with van der Waals surface area (Å²) in [5.41, 5.74) is 0.169. The highest BCUT2D eigenvalue weighted by molar-refractivity contribution is 7.90. The zero-order valence-corrected chi connectivity index (χ0v) is 13.7. The van der Waals surface area contributed by atoms with Gasteiger partial charge in [0.2, 0.25) is 5.95 Å². The minimum atomic E-state index is -4.39. The van der Waals surface area contributed by atoms with Crippen molar-refractivity contribution in [1.29, 1.82) is 0 Å². The molecule has 3 aromatic rings. The lowest BCUT2D eigenvalue weighted by molar-refractivity contribution is -0.137. The van der Waals surface area contributed by atoms with Crippen LogP contribution in [0.15, 0.2) is 53.6 Å². The Hall–Kier alpha value is -2.68. The van der Waals surface area contributed by atoms with Crippen LogP contribution >= 0.6 is 0 Å². The molecule has 0 aliphatic heterocycles. The number of benzene rings is 2. The Kier molecular flexibility index (Phi) is 4.11. The first-order chi connectivity index (χ1) is 11.6. The molecule has 1 aromatic heterocycles. The fraction of sp³-hybridized carbons (Fsp3) is 0.125. The predicted molar refractivity (Wildman–Crippen MR) is 87.4 cm³/mol. The van der Waals surface area contributed by atoms with Gasteiger partial charge in [0.1, 0.15) is 0 Å². The number of hydrogen-bond donors (Lipinski definition) is 1. The molecular weight excluding hydrogens is 355 g/mol. The van der Waals surface area contributed by atoms with E-state index >= 15 is 0 Å². The van der Waals surface area contributed by atoms with Crippen LogP contribution in [0.25, 0.3) is 10.9 Å². The summed E-state index contributed by atoms with van der Waals surface area (Å²) in [5.74, 6) is 0.194. The van der Waals surface area contributed by atoms with Crippen molar-refractivity contribution in [3.63, 3.8) is 0 Å². The largest absolute Gasteiger partial charge is 0.416 e. The van der Waals surface area contributed by atoms with Gasteiger partial charge in [0.05, 0.1) is 16.0 Å². The van der Waals surface area contributed by atoms with Crippen molar-refractivity contribution in [3.8, 4) is 0 Å². The zero-order valence-electron chi connectivity index (χ0n) is 12.9. The highest BCUT2D eigenvalue weighted by atomic mass is 32.2. The van der Waals surface area contributed by atoms with Crippen molar-refractivity contribution in [1.82, 2.24) is 9.97 Å². The fourth-order valence-corrected chi connectivity index (χ4v) is 2.83. The standard InChI is InChI=1S/C16H12F3N3O2S/c1-25(23,24)13-6-7-14-10(8-13)9-20-15(22-14)21-12-4-2-11(3-5-12)16(17,18)19/h2-9H,1H3,(H,20,21,22). The van der Waals surface area contributed by atoms with Crippen molar-refractivity contribution in [2.45, 2.75) is 11.1 Å². The number of alkyl halides is 3. The van der Waals surface area contributed by atoms with Crippen LogP contribution in [-0.4, -0.2) is 24.6 Å². The molecule has 0 saturated carbocycles. The molecule has 0 radical (unpaired) electrons. The maximum Gasteiger partial charge on any atom is 0.416 e. The average molecular weight is 367 g/mol. The number of rotatable bonds is 3. The summed E-state index contributed by atoms with van der Waals surface area (Å²) in [4.78, 5) is 8.44. The number of halogens is 3. The average Bonchev–Trinajstić information content (AvgIpc) is 2.53. The van der Waals surface area contributed by atoms with E-state index in [2.05, 4.69) is 15.3 Å². The van der Waals surface area contributed by atoms with Gasteiger partial charge in [-0.25, -0.2) is 18.4 Å². The Labute approximate surface area is 141 Å². The first-order valence-corrected chi connectivity index (χ1v) is 8.93. The second-order valence-corrected chi connectivity index (χ2v) is 7.40. The molecule has 1 N–H and O–H groups in total. The van der Waals surface area contributed by atoms with Crippen LogP contribution in [-0.2, 0) is 16.0 Å². The molecule has 3 rings (SSSR count). The SMILES string of the molecule is CS(=O)(=O)c1ccc2nc(Nc3ccc(C(F)(F)F)cc3)ncc2c1. The Morgan fingerprint density at radius 2 is 1.72 bits per heavy atom. The molecule has 130 valence electrons. The van der Waals surface area contributed by atoms with Crippen LogP contribution in [0.4, 0.5) is 24.8 Å². The Morgan fingerprint density at radius 3 is 2.32 bits per heavy atom. The number of anilines is 2. The fourth-order valence-electron chi connectivity index (χ4n) is 2.17. The van der Waals surface area contributed by atoms with Gasteiger partial charge in [-0.1, -0.05) is 0 Å². The summed E-state index contributed by atoms with van der Waals surface area (Å²) in [6.07, 6.45) is -1.84. The molecule has 1 heterocycles. The van der Waals surface area contributed by atoms with E-state index in [9.17, 15) is 21.6 Å². The number of hydrogen-bond acceptors (Lipinski definition) is 5. The first-order valence-electron chi connectivity index (χ1n) is 7.04. The number of nitrogens with zero attached hydrogens (tertiary/aromatic N) is 2. The van der Waals surface area contributed by atoms with Crippen molar-refractivity contribution in [2.75, 3.05) is 11.6 Å². The third-order valence-corrected chi connectivity index (χ3v) is 4.56. The minimum absolute atomic E-state index is 0.159. The maximum absolute atomic E-state index is 12.5. The second-order valence-electron chi connectivity index (χ2n) is 5.39. The molecule has 0 amide bonds. The molecule has 0 fully saturated rings. The van der Waals surface area contributed by atoms with Crippen LogP contribution < -0.4 is 5.32 Å². The molecule has 0 aliphatic rings. The van der Waals surface area contributed by atoms with Crippen molar-refractivity contribution in [3.05, 3.63) is 54.2 Å². The van der Waals surface area contributed by atoms with E-state index < -0.39 is 21.6 Å². The van der Waals surface area contributed by atoms with Crippen molar-refractivity contribution in [2.24, 2.45) is 0 Å². The van der Waals surface area contributed by atoms with Crippen LogP contribution in [0.5, 0.6) is 0 Å². The Morgan fingerprint density at radius 1 is 1.04 bits per heavy atom. The molecule has 25 heavy (non-hydrogen) atoms. The van der Waals surface area contributed by atoms with Gasteiger partial charge in [0.15, 0.2) is 9.84 Å². The molecule has 9 heteroatoms. The summed E-state index contributed by atoms with van der Waals surface area (Å²) in [7, 11) is -3.33. The number of nitrogens with one attached hydrogen (secondary N) is 1. The van der Waals surface area contributed by atoms with Gasteiger partial charge in [-0.2, -0.15) is 13.2 Å². The molecule has 0 spiro atoms. The first kappa shape index (κ1) is 17.2. The van der Waals surface area contributed by atoms with Gasteiger partial charge in [-0.15, -0.1) is 0 Å². The van der Waals surface area contributed by atoms with E-state index in [1.165, 1.54) is 30.5 Å². The number of aromatic nitrogens is 2. The quantitative estimate of drug-likeness (QED) is 0.762. The molecule has 0 saturated heterocycles. The normalized spacial score (nSPS) is 12.3. The number of fused-ring (bicyclic) bond motifs is 1. The van der Waals surface area contributed by atoms with Crippen molar-refractivity contribution < 1.29 is 21.6 Å². The second kappa shape index (κ2) is 5.99. The highest BCUT2D eigenvalue weighted by Gasteiger charge is 2.29. The lowest BCUT2D eigenvalue weighted by Gasteiger charge is -2.09. The smallest absolute Gasteiger partial charge is 0.324 e. The summed E-state index contributed by atoms with van der Waals surface area (Å²) in [5, 5.41) is 3.35.